The monoisotopic (exact) mass is 220 g/mol. The van der Waals surface area contributed by atoms with Gasteiger partial charge in [-0.1, -0.05) is 30.3 Å². The van der Waals surface area contributed by atoms with Crippen LogP contribution in [0.1, 0.15) is 0 Å². The van der Waals surface area contributed by atoms with E-state index >= 15 is 0 Å². The molecule has 0 spiro atoms. The van der Waals surface area contributed by atoms with E-state index in [4.69, 9.17) is 0 Å². The first-order chi connectivity index (χ1) is 7.04. The van der Waals surface area contributed by atoms with Crippen LogP contribution in [-0.2, 0) is 10.0 Å². The van der Waals surface area contributed by atoms with Gasteiger partial charge in [0.2, 0.25) is 10.0 Å². The van der Waals surface area contributed by atoms with Gasteiger partial charge in [0.25, 0.3) is 0 Å². The molecule has 0 heterocycles. The zero-order valence-electron chi connectivity index (χ0n) is 8.19. The van der Waals surface area contributed by atoms with E-state index in [0.29, 0.717) is 5.69 Å². The summed E-state index contributed by atoms with van der Waals surface area (Å²) in [6, 6.07) is 14.2. The summed E-state index contributed by atoms with van der Waals surface area (Å²) >= 11 is 0. The predicted molar refractivity (Wildman–Crippen MR) is 61.3 cm³/mol. The van der Waals surface area contributed by atoms with Gasteiger partial charge in [0.05, 0.1) is 11.9 Å². The fraction of sp³-hybridized carbons (Fsp3) is 0.0909. The Morgan fingerprint density at radius 3 is 2.60 bits per heavy atom. The van der Waals surface area contributed by atoms with Gasteiger partial charge in [0.1, 0.15) is 0 Å². The Labute approximate surface area is 88.8 Å². The summed E-state index contributed by atoms with van der Waals surface area (Å²) in [7, 11) is -3.23. The van der Waals surface area contributed by atoms with Crippen molar-refractivity contribution >= 4 is 26.5 Å². The molecule has 77 valence electrons. The molecule has 0 bridgehead atoms. The minimum absolute atomic E-state index is 0.469. The van der Waals surface area contributed by atoms with Crippen LogP contribution in [0.4, 0.5) is 5.69 Å². The predicted octanol–water partition coefficient (Wildman–Crippen LogP) is 2.01. The van der Waals surface area contributed by atoms with Crippen molar-refractivity contribution in [1.29, 1.82) is 0 Å². The van der Waals surface area contributed by atoms with Crippen molar-refractivity contribution in [3.05, 3.63) is 42.5 Å². The van der Waals surface area contributed by atoms with Crippen LogP contribution in [0, 0.1) is 6.07 Å². The van der Waals surface area contributed by atoms with E-state index in [1.54, 1.807) is 6.07 Å². The second kappa shape index (κ2) is 3.55. The summed E-state index contributed by atoms with van der Waals surface area (Å²) < 4.78 is 24.4. The molecule has 0 aliphatic carbocycles. The number of nitrogens with one attached hydrogen (secondary N) is 1. The molecule has 0 amide bonds. The molecule has 4 heteroatoms. The van der Waals surface area contributed by atoms with Gasteiger partial charge >= 0.3 is 0 Å². The molecule has 0 aromatic heterocycles. The highest BCUT2D eigenvalue weighted by Gasteiger charge is 2.02. The molecule has 2 aromatic carbocycles. The van der Waals surface area contributed by atoms with Crippen molar-refractivity contribution in [2.24, 2.45) is 0 Å². The molecule has 0 saturated carbocycles. The molecule has 3 nitrogen and oxygen atoms in total. The number of fused-ring (bicyclic) bond motifs is 1. The summed E-state index contributed by atoms with van der Waals surface area (Å²) in [5.74, 6) is 0. The van der Waals surface area contributed by atoms with Crippen LogP contribution < -0.4 is 4.72 Å². The summed E-state index contributed by atoms with van der Waals surface area (Å²) in [5, 5.41) is 1.93. The summed E-state index contributed by atoms with van der Waals surface area (Å²) in [6.07, 6.45) is 1.12. The molecule has 15 heavy (non-hydrogen) atoms. The number of rotatable bonds is 2. The lowest BCUT2D eigenvalue weighted by atomic mass is 10.1. The average Bonchev–Trinajstić information content (AvgIpc) is 2.15. The van der Waals surface area contributed by atoms with Crippen LogP contribution in [0.5, 0.6) is 0 Å². The van der Waals surface area contributed by atoms with Crippen molar-refractivity contribution in [3.8, 4) is 0 Å². The summed E-state index contributed by atoms with van der Waals surface area (Å²) in [6.45, 7) is 0. The number of hydrogen-bond acceptors (Lipinski definition) is 2. The average molecular weight is 220 g/mol. The molecule has 0 saturated heterocycles. The lowest BCUT2D eigenvalue weighted by Crippen LogP contribution is -2.09. The Morgan fingerprint density at radius 2 is 1.87 bits per heavy atom. The van der Waals surface area contributed by atoms with E-state index in [0.717, 1.165) is 17.0 Å². The highest BCUT2D eigenvalue weighted by molar-refractivity contribution is 7.92. The lowest BCUT2D eigenvalue weighted by Gasteiger charge is -2.04. The summed E-state index contributed by atoms with van der Waals surface area (Å²) in [4.78, 5) is 0. The van der Waals surface area contributed by atoms with Crippen molar-refractivity contribution in [3.63, 3.8) is 0 Å². The van der Waals surface area contributed by atoms with Gasteiger partial charge in [-0.15, -0.1) is 0 Å². The van der Waals surface area contributed by atoms with E-state index < -0.39 is 10.0 Å². The highest BCUT2D eigenvalue weighted by Crippen LogP contribution is 2.18. The van der Waals surface area contributed by atoms with E-state index in [-0.39, 0.29) is 0 Å². The van der Waals surface area contributed by atoms with E-state index in [1.807, 2.05) is 30.3 Å². The maximum atomic E-state index is 11.0. The second-order valence-electron chi connectivity index (χ2n) is 3.33. The van der Waals surface area contributed by atoms with Crippen molar-refractivity contribution in [2.75, 3.05) is 11.0 Å². The summed E-state index contributed by atoms with van der Waals surface area (Å²) in [5.41, 5.74) is 0.469. The lowest BCUT2D eigenvalue weighted by molar-refractivity contribution is 0.607. The molecule has 0 unspecified atom stereocenters. The SMILES string of the molecule is CS(=O)(=O)Nc1[c]c2ccccc2cc1. The molecule has 1 N–H and O–H groups in total. The first-order valence-corrected chi connectivity index (χ1v) is 6.33. The molecule has 0 fully saturated rings. The van der Waals surface area contributed by atoms with Gasteiger partial charge in [-0.3, -0.25) is 4.72 Å². The normalized spacial score (nSPS) is 11.5. The van der Waals surface area contributed by atoms with Crippen LogP contribution in [-0.4, -0.2) is 14.7 Å². The standard InChI is InChI=1S/C11H10NO2S/c1-15(13,14)12-11-7-6-9-4-2-3-5-10(9)8-11/h2-7,12H,1H3. The van der Waals surface area contributed by atoms with Gasteiger partial charge in [0, 0.05) is 6.07 Å². The van der Waals surface area contributed by atoms with Crippen molar-refractivity contribution in [2.45, 2.75) is 0 Å². The number of benzene rings is 2. The van der Waals surface area contributed by atoms with Gasteiger partial charge in [-0.25, -0.2) is 8.42 Å². The quantitative estimate of drug-likeness (QED) is 0.841. The molecule has 0 aliphatic heterocycles. The van der Waals surface area contributed by atoms with Crippen molar-refractivity contribution in [1.82, 2.24) is 0 Å². The molecule has 0 aliphatic rings. The Kier molecular flexibility index (Phi) is 2.36. The zero-order valence-corrected chi connectivity index (χ0v) is 9.01. The third-order valence-corrected chi connectivity index (χ3v) is 2.55. The third kappa shape index (κ3) is 2.47. The Balaban J connectivity index is 2.48. The number of hydrogen-bond donors (Lipinski definition) is 1. The fourth-order valence-corrected chi connectivity index (χ4v) is 1.89. The smallest absolute Gasteiger partial charge is 0.229 e. The topological polar surface area (TPSA) is 46.2 Å². The molecule has 2 rings (SSSR count). The first kappa shape index (κ1) is 9.98. The van der Waals surface area contributed by atoms with Gasteiger partial charge in [0.15, 0.2) is 0 Å². The molecular weight excluding hydrogens is 210 g/mol. The minimum Gasteiger partial charge on any atom is -0.283 e. The first-order valence-electron chi connectivity index (χ1n) is 4.43. The third-order valence-electron chi connectivity index (χ3n) is 1.96. The maximum Gasteiger partial charge on any atom is 0.229 e. The van der Waals surface area contributed by atoms with E-state index in [1.165, 1.54) is 0 Å². The molecular formula is C11H10NO2S. The second-order valence-corrected chi connectivity index (χ2v) is 5.08. The fourth-order valence-electron chi connectivity index (χ4n) is 1.38. The van der Waals surface area contributed by atoms with Crippen LogP contribution in [0.25, 0.3) is 10.8 Å². The molecule has 1 radical (unpaired) electrons. The maximum absolute atomic E-state index is 11.0. The Hall–Kier alpha value is -1.55. The largest absolute Gasteiger partial charge is 0.283 e. The number of sulfonamides is 1. The van der Waals surface area contributed by atoms with Crippen molar-refractivity contribution < 1.29 is 8.42 Å². The van der Waals surface area contributed by atoms with Crippen LogP contribution in [0.2, 0.25) is 0 Å². The highest BCUT2D eigenvalue weighted by atomic mass is 32.2. The van der Waals surface area contributed by atoms with Crippen LogP contribution in [0.15, 0.2) is 36.4 Å². The Bertz CT molecular complexity index is 590. The minimum atomic E-state index is -3.23. The molecule has 2 aromatic rings. The van der Waals surface area contributed by atoms with E-state index in [9.17, 15) is 8.42 Å². The van der Waals surface area contributed by atoms with Crippen LogP contribution in [0.3, 0.4) is 0 Å². The Morgan fingerprint density at radius 1 is 1.13 bits per heavy atom. The zero-order chi connectivity index (χ0) is 10.9. The molecule has 0 atom stereocenters. The van der Waals surface area contributed by atoms with E-state index in [2.05, 4.69) is 10.8 Å². The van der Waals surface area contributed by atoms with Gasteiger partial charge in [-0.2, -0.15) is 0 Å². The number of anilines is 1. The van der Waals surface area contributed by atoms with Gasteiger partial charge < -0.3 is 0 Å². The van der Waals surface area contributed by atoms with Gasteiger partial charge in [-0.05, 0) is 16.8 Å². The van der Waals surface area contributed by atoms with Crippen LogP contribution >= 0.6 is 0 Å².